The normalized spacial score (nSPS) is 8.88. The molecule has 0 saturated heterocycles. The summed E-state index contributed by atoms with van der Waals surface area (Å²) < 4.78 is 0. The molecule has 0 spiro atoms. The number of hydrogen-bond acceptors (Lipinski definition) is 10. The number of rotatable bonds is 0. The average Bonchev–Trinajstić information content (AvgIpc) is 2.88. The Morgan fingerprint density at radius 1 is 0.206 bits per heavy atom. The van der Waals surface area contributed by atoms with E-state index in [9.17, 15) is 52.6 Å². The minimum absolute atomic E-state index is 0.352. The van der Waals surface area contributed by atoms with Gasteiger partial charge >= 0.3 is 0 Å². The average molecular weight is 428 g/mol. The van der Waals surface area contributed by atoms with E-state index in [1.165, 1.54) is 0 Å². The summed E-state index contributed by atoms with van der Waals surface area (Å²) in [5.41, 5.74) is -4.95. The van der Waals surface area contributed by atoms with Crippen LogP contribution in [0.1, 0.15) is 55.6 Å². The number of benzene rings is 3. The number of nitriles is 10. The Balaban J connectivity index is 3.16. The molecule has 0 saturated carbocycles. The SMILES string of the molecule is N#Cc1c(C#N)c(C#N)c2c(C#N)c3c(C#N)c(C#N)c(C#N)c(C#N)c3c(C#N)c2c1C#N. The number of nitrogens with zero attached hydrogens (tertiary/aromatic N) is 10. The summed E-state index contributed by atoms with van der Waals surface area (Å²) >= 11 is 0. The molecule has 0 unspecified atom stereocenters. The summed E-state index contributed by atoms with van der Waals surface area (Å²) in [6.07, 6.45) is 0. The van der Waals surface area contributed by atoms with Gasteiger partial charge in [-0.05, 0) is 0 Å². The van der Waals surface area contributed by atoms with Crippen molar-refractivity contribution in [3.63, 3.8) is 0 Å². The molecule has 10 nitrogen and oxygen atoms in total. The first kappa shape index (κ1) is 21.8. The zero-order chi connectivity index (χ0) is 25.2. The fourth-order valence-corrected chi connectivity index (χ4v) is 3.87. The van der Waals surface area contributed by atoms with Crippen LogP contribution < -0.4 is 0 Å². The molecule has 3 aromatic carbocycles. The van der Waals surface area contributed by atoms with Gasteiger partial charge in [-0.3, -0.25) is 0 Å². The van der Waals surface area contributed by atoms with Gasteiger partial charge in [0, 0.05) is 21.5 Å². The quantitative estimate of drug-likeness (QED) is 0.474. The Hall–Kier alpha value is -6.92. The Morgan fingerprint density at radius 3 is 0.471 bits per heavy atom. The molecular weight excluding hydrogens is 428 g/mol. The van der Waals surface area contributed by atoms with Crippen molar-refractivity contribution >= 4 is 21.5 Å². The second-order valence-electron chi connectivity index (χ2n) is 6.37. The van der Waals surface area contributed by atoms with Crippen LogP contribution in [-0.2, 0) is 0 Å². The first-order chi connectivity index (χ1) is 16.5. The van der Waals surface area contributed by atoms with E-state index < -0.39 is 55.6 Å². The van der Waals surface area contributed by atoms with Crippen molar-refractivity contribution in [1.29, 1.82) is 52.6 Å². The molecule has 0 amide bonds. The van der Waals surface area contributed by atoms with Gasteiger partial charge in [-0.2, -0.15) is 52.6 Å². The van der Waals surface area contributed by atoms with Crippen LogP contribution in [0.5, 0.6) is 0 Å². The van der Waals surface area contributed by atoms with Gasteiger partial charge in [0.25, 0.3) is 0 Å². The minimum Gasteiger partial charge on any atom is -0.192 e. The van der Waals surface area contributed by atoms with Crippen molar-refractivity contribution in [2.24, 2.45) is 0 Å². The summed E-state index contributed by atoms with van der Waals surface area (Å²) in [6, 6.07) is 17.1. The highest BCUT2D eigenvalue weighted by Crippen LogP contribution is 2.43. The van der Waals surface area contributed by atoms with E-state index in [0.717, 1.165) is 0 Å². The van der Waals surface area contributed by atoms with E-state index in [4.69, 9.17) is 0 Å². The zero-order valence-corrected chi connectivity index (χ0v) is 16.5. The molecule has 0 fully saturated rings. The van der Waals surface area contributed by atoms with E-state index in [-0.39, 0.29) is 21.5 Å². The summed E-state index contributed by atoms with van der Waals surface area (Å²) in [5, 5.41) is 96.2. The maximum atomic E-state index is 10.0. The second-order valence-corrected chi connectivity index (χ2v) is 6.37. The van der Waals surface area contributed by atoms with Crippen molar-refractivity contribution in [1.82, 2.24) is 0 Å². The lowest BCUT2D eigenvalue weighted by molar-refractivity contribution is 1.37. The lowest BCUT2D eigenvalue weighted by Crippen LogP contribution is -2.06. The molecule has 0 atom stereocenters. The molecule has 0 N–H and O–H groups in total. The van der Waals surface area contributed by atoms with Gasteiger partial charge in [-0.15, -0.1) is 0 Å². The van der Waals surface area contributed by atoms with E-state index in [1.54, 1.807) is 60.7 Å². The van der Waals surface area contributed by atoms with Crippen molar-refractivity contribution < 1.29 is 0 Å². The lowest BCUT2D eigenvalue weighted by Gasteiger charge is -2.17. The Kier molecular flexibility index (Phi) is 5.17. The summed E-state index contributed by atoms with van der Waals surface area (Å²) in [7, 11) is 0. The van der Waals surface area contributed by atoms with Crippen LogP contribution in [0.3, 0.4) is 0 Å². The van der Waals surface area contributed by atoms with Crippen LogP contribution in [0.2, 0.25) is 0 Å². The fraction of sp³-hybridized carbons (Fsp3) is 0. The molecule has 3 rings (SSSR count). The molecule has 0 aromatic heterocycles. The molecule has 3 aromatic rings. The first-order valence-corrected chi connectivity index (χ1v) is 8.74. The number of hydrogen-bond donors (Lipinski definition) is 0. The largest absolute Gasteiger partial charge is 0.192 e. The minimum atomic E-state index is -0.512. The molecular formula is C24N10. The molecule has 0 heterocycles. The molecule has 146 valence electrons. The predicted octanol–water partition coefficient (Wildman–Crippen LogP) is 2.71. The molecule has 34 heavy (non-hydrogen) atoms. The molecule has 10 heteroatoms. The Morgan fingerprint density at radius 2 is 0.353 bits per heavy atom. The van der Waals surface area contributed by atoms with Gasteiger partial charge < -0.3 is 0 Å². The summed E-state index contributed by atoms with van der Waals surface area (Å²) in [4.78, 5) is 0. The van der Waals surface area contributed by atoms with E-state index in [0.29, 0.717) is 0 Å². The van der Waals surface area contributed by atoms with Gasteiger partial charge in [-0.1, -0.05) is 0 Å². The van der Waals surface area contributed by atoms with E-state index >= 15 is 0 Å². The van der Waals surface area contributed by atoms with Crippen LogP contribution in [-0.4, -0.2) is 0 Å². The van der Waals surface area contributed by atoms with E-state index in [2.05, 4.69) is 0 Å². The van der Waals surface area contributed by atoms with Gasteiger partial charge in [0.05, 0.1) is 55.6 Å². The second kappa shape index (κ2) is 8.07. The Labute approximate surface area is 190 Å². The van der Waals surface area contributed by atoms with Crippen LogP contribution in [0, 0.1) is 113 Å². The van der Waals surface area contributed by atoms with Crippen LogP contribution >= 0.6 is 0 Å². The van der Waals surface area contributed by atoms with Crippen LogP contribution in [0.25, 0.3) is 21.5 Å². The summed E-state index contributed by atoms with van der Waals surface area (Å²) in [5.74, 6) is 0. The van der Waals surface area contributed by atoms with E-state index in [1.807, 2.05) is 0 Å². The number of fused-ring (bicyclic) bond motifs is 2. The highest BCUT2D eigenvalue weighted by molar-refractivity contribution is 6.17. The fourth-order valence-electron chi connectivity index (χ4n) is 3.87. The smallest absolute Gasteiger partial charge is 0.102 e. The molecule has 0 aliphatic carbocycles. The Bertz CT molecular complexity index is 1690. The maximum absolute atomic E-state index is 10.0. The highest BCUT2D eigenvalue weighted by Gasteiger charge is 2.31. The monoisotopic (exact) mass is 428 g/mol. The standard InChI is InChI=1S/C24N10/c25-1-11-12(2-26)16(6-30)22-20(10-34)24-18(8-32)14(4-28)13(3-27)17(7-31)23(24)19(9-33)21(22)15(11)5-29. The third kappa shape index (κ3) is 2.45. The van der Waals surface area contributed by atoms with Crippen LogP contribution in [0.4, 0.5) is 0 Å². The van der Waals surface area contributed by atoms with Crippen LogP contribution in [0.15, 0.2) is 0 Å². The molecule has 0 bridgehead atoms. The maximum Gasteiger partial charge on any atom is 0.102 e. The van der Waals surface area contributed by atoms with Gasteiger partial charge in [-0.25, -0.2) is 0 Å². The van der Waals surface area contributed by atoms with Crippen molar-refractivity contribution in [3.05, 3.63) is 55.6 Å². The van der Waals surface area contributed by atoms with Crippen molar-refractivity contribution in [2.45, 2.75) is 0 Å². The summed E-state index contributed by atoms with van der Waals surface area (Å²) in [6.45, 7) is 0. The van der Waals surface area contributed by atoms with Gasteiger partial charge in [0.2, 0.25) is 0 Å². The third-order valence-corrected chi connectivity index (χ3v) is 5.12. The molecule has 0 radical (unpaired) electrons. The third-order valence-electron chi connectivity index (χ3n) is 5.12. The molecule has 0 aliphatic rings. The van der Waals surface area contributed by atoms with Gasteiger partial charge in [0.15, 0.2) is 0 Å². The highest BCUT2D eigenvalue weighted by atomic mass is 14.4. The first-order valence-electron chi connectivity index (χ1n) is 8.74. The van der Waals surface area contributed by atoms with Crippen molar-refractivity contribution in [2.75, 3.05) is 0 Å². The lowest BCUT2D eigenvalue weighted by atomic mass is 9.79. The predicted molar refractivity (Wildman–Crippen MR) is 109 cm³/mol. The van der Waals surface area contributed by atoms with Gasteiger partial charge in [0.1, 0.15) is 60.7 Å². The topological polar surface area (TPSA) is 238 Å². The molecule has 0 aliphatic heterocycles. The zero-order valence-electron chi connectivity index (χ0n) is 16.5. The van der Waals surface area contributed by atoms with Crippen molar-refractivity contribution in [3.8, 4) is 60.7 Å².